The summed E-state index contributed by atoms with van der Waals surface area (Å²) in [6, 6.07) is 4.05. The zero-order valence-electron chi connectivity index (χ0n) is 12.6. The third-order valence-corrected chi connectivity index (χ3v) is 6.77. The van der Waals surface area contributed by atoms with Crippen molar-refractivity contribution in [2.24, 2.45) is 16.7 Å². The van der Waals surface area contributed by atoms with Crippen LogP contribution in [-0.4, -0.2) is 12.1 Å². The highest BCUT2D eigenvalue weighted by Gasteiger charge is 2.62. The molecule has 0 saturated heterocycles. The summed E-state index contributed by atoms with van der Waals surface area (Å²) in [5.74, 6) is -0.111. The summed E-state index contributed by atoms with van der Waals surface area (Å²) in [5, 5.41) is 0. The zero-order chi connectivity index (χ0) is 15.4. The Morgan fingerprint density at radius 2 is 2.10 bits per heavy atom. The van der Waals surface area contributed by atoms with Gasteiger partial charge in [-0.2, -0.15) is 0 Å². The fourth-order valence-electron chi connectivity index (χ4n) is 4.16. The van der Waals surface area contributed by atoms with E-state index in [1.54, 1.807) is 0 Å². The lowest BCUT2D eigenvalue weighted by Gasteiger charge is -2.38. The van der Waals surface area contributed by atoms with Crippen LogP contribution in [-0.2, 0) is 4.74 Å². The van der Waals surface area contributed by atoms with E-state index >= 15 is 0 Å². The van der Waals surface area contributed by atoms with Gasteiger partial charge in [0.15, 0.2) is 0 Å². The lowest BCUT2D eigenvalue weighted by molar-refractivity contribution is -0.0243. The van der Waals surface area contributed by atoms with E-state index in [4.69, 9.17) is 4.74 Å². The molecule has 4 heteroatoms. The van der Waals surface area contributed by atoms with Crippen molar-refractivity contribution in [1.82, 2.24) is 0 Å². The van der Waals surface area contributed by atoms with Gasteiger partial charge >= 0.3 is 5.97 Å². The van der Waals surface area contributed by atoms with Crippen LogP contribution in [0.2, 0.25) is 0 Å². The fourth-order valence-corrected chi connectivity index (χ4v) is 4.67. The van der Waals surface area contributed by atoms with E-state index < -0.39 is 0 Å². The van der Waals surface area contributed by atoms with Crippen molar-refractivity contribution in [2.45, 2.75) is 46.1 Å². The van der Waals surface area contributed by atoms with Crippen LogP contribution in [0.1, 0.15) is 50.4 Å². The third-order valence-electron chi connectivity index (χ3n) is 6.11. The molecule has 2 bridgehead atoms. The van der Waals surface area contributed by atoms with E-state index in [1.165, 1.54) is 24.6 Å². The maximum Gasteiger partial charge on any atom is 0.339 e. The van der Waals surface area contributed by atoms with E-state index in [-0.39, 0.29) is 28.7 Å². The summed E-state index contributed by atoms with van der Waals surface area (Å²) in [6.45, 7) is 6.80. The molecule has 0 spiro atoms. The number of benzene rings is 1. The molecule has 2 nitrogen and oxygen atoms in total. The van der Waals surface area contributed by atoms with Gasteiger partial charge in [-0.25, -0.2) is 9.18 Å². The quantitative estimate of drug-likeness (QED) is 0.701. The Morgan fingerprint density at radius 1 is 1.38 bits per heavy atom. The second kappa shape index (κ2) is 4.80. The van der Waals surface area contributed by atoms with Gasteiger partial charge in [0.25, 0.3) is 0 Å². The molecule has 3 atom stereocenters. The van der Waals surface area contributed by atoms with Gasteiger partial charge in [0.1, 0.15) is 11.9 Å². The minimum atomic E-state index is -0.369. The van der Waals surface area contributed by atoms with E-state index in [1.807, 2.05) is 0 Å². The van der Waals surface area contributed by atoms with Crippen LogP contribution in [0, 0.1) is 22.6 Å². The molecule has 2 aliphatic rings. The predicted molar refractivity (Wildman–Crippen MR) is 82.5 cm³/mol. The van der Waals surface area contributed by atoms with Crippen LogP contribution in [0.25, 0.3) is 0 Å². The number of fused-ring (bicyclic) bond motifs is 2. The Kier molecular flexibility index (Phi) is 3.43. The molecule has 0 radical (unpaired) electrons. The summed E-state index contributed by atoms with van der Waals surface area (Å²) in [7, 11) is 0. The number of hydrogen-bond acceptors (Lipinski definition) is 2. The molecular formula is C17H20BrFO2. The number of carbonyl (C=O) groups excluding carboxylic acids is 1. The first-order valence-electron chi connectivity index (χ1n) is 7.42. The number of carbonyl (C=O) groups is 1. The third kappa shape index (κ3) is 2.14. The van der Waals surface area contributed by atoms with Crippen molar-refractivity contribution in [3.63, 3.8) is 0 Å². The number of esters is 1. The second-order valence-electron chi connectivity index (χ2n) is 7.13. The smallest absolute Gasteiger partial charge is 0.339 e. The highest BCUT2D eigenvalue weighted by molar-refractivity contribution is 9.10. The molecule has 3 rings (SSSR count). The monoisotopic (exact) mass is 354 g/mol. The Labute approximate surface area is 133 Å². The van der Waals surface area contributed by atoms with Gasteiger partial charge in [0.2, 0.25) is 0 Å². The van der Waals surface area contributed by atoms with Crippen LogP contribution in [0.15, 0.2) is 22.7 Å². The van der Waals surface area contributed by atoms with Crippen molar-refractivity contribution >= 4 is 21.9 Å². The Bertz CT molecular complexity index is 598. The lowest BCUT2D eigenvalue weighted by Crippen LogP contribution is -2.38. The highest BCUT2D eigenvalue weighted by Crippen LogP contribution is 2.66. The lowest BCUT2D eigenvalue weighted by atomic mass is 9.70. The zero-order valence-corrected chi connectivity index (χ0v) is 14.2. The van der Waals surface area contributed by atoms with Gasteiger partial charge in [-0.05, 0) is 64.7 Å². The molecule has 2 aliphatic carbocycles. The SMILES string of the molecule is CC1(C)C2CCC1(C)C(OC(=O)c1ccc(F)cc1Br)C2. The summed E-state index contributed by atoms with van der Waals surface area (Å²) in [5.41, 5.74) is 0.637. The minimum absolute atomic E-state index is 0.0415. The van der Waals surface area contributed by atoms with E-state index in [9.17, 15) is 9.18 Å². The standard InChI is InChI=1S/C17H20BrFO2/c1-16(2)10-6-7-17(16,3)14(8-10)21-15(20)12-5-4-11(19)9-13(12)18/h4-5,9-10,14H,6-8H2,1-3H3. The Hall–Kier alpha value is -0.900. The average molecular weight is 355 g/mol. The summed E-state index contributed by atoms with van der Waals surface area (Å²) >= 11 is 3.23. The van der Waals surface area contributed by atoms with Gasteiger partial charge < -0.3 is 4.74 Å². The number of hydrogen-bond donors (Lipinski definition) is 0. The molecule has 21 heavy (non-hydrogen) atoms. The maximum absolute atomic E-state index is 13.1. The molecule has 3 unspecified atom stereocenters. The first kappa shape index (κ1) is 15.0. The molecule has 114 valence electrons. The van der Waals surface area contributed by atoms with Crippen molar-refractivity contribution in [2.75, 3.05) is 0 Å². The molecule has 1 aromatic rings. The molecule has 1 aromatic carbocycles. The molecule has 0 aliphatic heterocycles. The Balaban J connectivity index is 1.80. The number of rotatable bonds is 2. The molecule has 0 heterocycles. The molecule has 0 N–H and O–H groups in total. The first-order chi connectivity index (χ1) is 9.75. The normalized spacial score (nSPS) is 33.2. The van der Waals surface area contributed by atoms with Gasteiger partial charge in [-0.15, -0.1) is 0 Å². The van der Waals surface area contributed by atoms with Crippen LogP contribution >= 0.6 is 15.9 Å². The van der Waals surface area contributed by atoms with E-state index in [0.29, 0.717) is 16.0 Å². The summed E-state index contributed by atoms with van der Waals surface area (Å²) in [6.07, 6.45) is 3.22. The summed E-state index contributed by atoms with van der Waals surface area (Å²) in [4.78, 5) is 12.4. The minimum Gasteiger partial charge on any atom is -0.458 e. The van der Waals surface area contributed by atoms with Crippen LogP contribution in [0.3, 0.4) is 0 Å². The maximum atomic E-state index is 13.1. The molecule has 0 amide bonds. The van der Waals surface area contributed by atoms with E-state index in [0.717, 1.165) is 12.8 Å². The number of halogens is 2. The fraction of sp³-hybridized carbons (Fsp3) is 0.588. The Morgan fingerprint density at radius 3 is 2.62 bits per heavy atom. The van der Waals surface area contributed by atoms with Crippen molar-refractivity contribution in [3.8, 4) is 0 Å². The van der Waals surface area contributed by atoms with Crippen LogP contribution in [0.5, 0.6) is 0 Å². The van der Waals surface area contributed by atoms with Gasteiger partial charge in [0.05, 0.1) is 5.56 Å². The predicted octanol–water partition coefficient (Wildman–Crippen LogP) is 4.96. The molecule has 2 fully saturated rings. The van der Waals surface area contributed by atoms with Crippen LogP contribution < -0.4 is 0 Å². The average Bonchev–Trinajstić information content (AvgIpc) is 2.71. The summed E-state index contributed by atoms with van der Waals surface area (Å²) < 4.78 is 19.4. The van der Waals surface area contributed by atoms with Gasteiger partial charge in [-0.3, -0.25) is 0 Å². The van der Waals surface area contributed by atoms with Crippen molar-refractivity contribution < 1.29 is 13.9 Å². The van der Waals surface area contributed by atoms with Gasteiger partial charge in [0, 0.05) is 9.89 Å². The van der Waals surface area contributed by atoms with Crippen molar-refractivity contribution in [1.29, 1.82) is 0 Å². The second-order valence-corrected chi connectivity index (χ2v) is 7.98. The number of ether oxygens (including phenoxy) is 1. The van der Waals surface area contributed by atoms with Gasteiger partial charge in [-0.1, -0.05) is 20.8 Å². The largest absolute Gasteiger partial charge is 0.458 e. The van der Waals surface area contributed by atoms with Crippen LogP contribution in [0.4, 0.5) is 4.39 Å². The molecule has 0 aromatic heterocycles. The van der Waals surface area contributed by atoms with Crippen molar-refractivity contribution in [3.05, 3.63) is 34.1 Å². The molecule has 2 saturated carbocycles. The van der Waals surface area contributed by atoms with E-state index in [2.05, 4.69) is 36.7 Å². The molecular weight excluding hydrogens is 335 g/mol. The topological polar surface area (TPSA) is 26.3 Å². The highest BCUT2D eigenvalue weighted by atomic mass is 79.9. The first-order valence-corrected chi connectivity index (χ1v) is 8.21.